The van der Waals surface area contributed by atoms with E-state index in [1.165, 1.54) is 11.3 Å². The first kappa shape index (κ1) is 6.94. The van der Waals surface area contributed by atoms with E-state index in [-0.39, 0.29) is 6.61 Å². The van der Waals surface area contributed by atoms with Crippen LogP contribution in [0.5, 0.6) is 0 Å². The summed E-state index contributed by atoms with van der Waals surface area (Å²) < 4.78 is 4.43. The summed E-state index contributed by atoms with van der Waals surface area (Å²) in [6.45, 7) is 0.111. The van der Waals surface area contributed by atoms with Gasteiger partial charge in [0.05, 0.1) is 0 Å². The molecule has 1 aromatic rings. The van der Waals surface area contributed by atoms with Gasteiger partial charge in [-0.15, -0.1) is 21.5 Å². The zero-order valence-electron chi connectivity index (χ0n) is 4.98. The Kier molecular flexibility index (Phi) is 2.16. The van der Waals surface area contributed by atoms with E-state index < -0.39 is 6.09 Å². The number of primary amides is 1. The molecule has 2 N–H and O–H groups in total. The Labute approximate surface area is 60.8 Å². The number of carbonyl (C=O) groups is 1. The van der Waals surface area contributed by atoms with Crippen LogP contribution in [0.3, 0.4) is 0 Å². The largest absolute Gasteiger partial charge is 0.442 e. The second-order valence-electron chi connectivity index (χ2n) is 1.44. The highest BCUT2D eigenvalue weighted by molar-refractivity contribution is 7.09. The molecule has 1 amide bonds. The fourth-order valence-electron chi connectivity index (χ4n) is 0.392. The third kappa shape index (κ3) is 1.98. The fourth-order valence-corrected chi connectivity index (χ4v) is 0.829. The third-order valence-corrected chi connectivity index (χ3v) is 1.41. The van der Waals surface area contributed by atoms with Crippen LogP contribution in [0.2, 0.25) is 0 Å². The summed E-state index contributed by atoms with van der Waals surface area (Å²) in [4.78, 5) is 10.1. The van der Waals surface area contributed by atoms with Crippen molar-refractivity contribution >= 4 is 17.4 Å². The van der Waals surface area contributed by atoms with Crippen LogP contribution >= 0.6 is 11.3 Å². The Morgan fingerprint density at radius 3 is 3.20 bits per heavy atom. The van der Waals surface area contributed by atoms with Crippen LogP contribution in [0.15, 0.2) is 5.51 Å². The van der Waals surface area contributed by atoms with Crippen LogP contribution in [-0.2, 0) is 11.3 Å². The molecule has 0 aliphatic rings. The molecule has 0 spiro atoms. The lowest BCUT2D eigenvalue weighted by Gasteiger charge is -1.93. The minimum atomic E-state index is -0.796. The Morgan fingerprint density at radius 2 is 2.70 bits per heavy atom. The number of ether oxygens (including phenoxy) is 1. The van der Waals surface area contributed by atoms with Crippen molar-refractivity contribution in [3.8, 4) is 0 Å². The number of nitrogens with two attached hydrogens (primary N) is 1. The van der Waals surface area contributed by atoms with E-state index in [0.29, 0.717) is 5.01 Å². The summed E-state index contributed by atoms with van der Waals surface area (Å²) in [5.41, 5.74) is 6.26. The molecule has 0 radical (unpaired) electrons. The van der Waals surface area contributed by atoms with Gasteiger partial charge in [-0.25, -0.2) is 4.79 Å². The summed E-state index contributed by atoms with van der Waals surface area (Å²) in [5.74, 6) is 0. The van der Waals surface area contributed by atoms with Crippen LogP contribution in [0.4, 0.5) is 4.79 Å². The number of rotatable bonds is 2. The van der Waals surface area contributed by atoms with Crippen molar-refractivity contribution in [2.75, 3.05) is 0 Å². The fraction of sp³-hybridized carbons (Fsp3) is 0.250. The van der Waals surface area contributed by atoms with Gasteiger partial charge in [-0.3, -0.25) is 0 Å². The zero-order valence-corrected chi connectivity index (χ0v) is 5.80. The van der Waals surface area contributed by atoms with Gasteiger partial charge in [0, 0.05) is 0 Å². The molecule has 1 rings (SSSR count). The molecule has 0 saturated carbocycles. The van der Waals surface area contributed by atoms with E-state index in [1.807, 2.05) is 0 Å². The number of hydrogen-bond donors (Lipinski definition) is 1. The molecule has 1 aromatic heterocycles. The molecule has 0 bridgehead atoms. The number of aromatic nitrogens is 2. The Bertz CT molecular complexity index is 210. The van der Waals surface area contributed by atoms with E-state index in [1.54, 1.807) is 5.51 Å². The third-order valence-electron chi connectivity index (χ3n) is 0.743. The predicted molar refractivity (Wildman–Crippen MR) is 34.3 cm³/mol. The maximum atomic E-state index is 10.1. The maximum Gasteiger partial charge on any atom is 0.404 e. The summed E-state index contributed by atoms with van der Waals surface area (Å²) in [7, 11) is 0. The van der Waals surface area contributed by atoms with Gasteiger partial charge in [0.1, 0.15) is 12.1 Å². The van der Waals surface area contributed by atoms with E-state index in [0.717, 1.165) is 0 Å². The molecule has 0 aromatic carbocycles. The van der Waals surface area contributed by atoms with Crippen LogP contribution in [-0.4, -0.2) is 16.3 Å². The van der Waals surface area contributed by atoms with Gasteiger partial charge in [-0.2, -0.15) is 0 Å². The molecule has 1 heterocycles. The molecule has 0 saturated heterocycles. The van der Waals surface area contributed by atoms with Crippen LogP contribution in [0.25, 0.3) is 0 Å². The smallest absolute Gasteiger partial charge is 0.404 e. The lowest BCUT2D eigenvalue weighted by atomic mass is 10.8. The standard InChI is InChI=1S/C4H5N3O2S/c5-4(8)9-1-3-7-6-2-10-3/h2H,1H2,(H2,5,8). The molecule has 0 atom stereocenters. The highest BCUT2D eigenvalue weighted by Gasteiger charge is 1.98. The van der Waals surface area contributed by atoms with Crippen LogP contribution in [0.1, 0.15) is 5.01 Å². The van der Waals surface area contributed by atoms with Gasteiger partial charge in [0.15, 0.2) is 5.01 Å². The Balaban J connectivity index is 2.35. The average Bonchev–Trinajstić information content (AvgIpc) is 2.34. The SMILES string of the molecule is NC(=O)OCc1nncs1. The van der Waals surface area contributed by atoms with Gasteiger partial charge >= 0.3 is 6.09 Å². The summed E-state index contributed by atoms with van der Waals surface area (Å²) >= 11 is 1.31. The van der Waals surface area contributed by atoms with Gasteiger partial charge in [0.25, 0.3) is 0 Å². The van der Waals surface area contributed by atoms with Crippen molar-refractivity contribution < 1.29 is 9.53 Å². The maximum absolute atomic E-state index is 10.1. The normalized spacial score (nSPS) is 9.20. The van der Waals surface area contributed by atoms with E-state index >= 15 is 0 Å². The van der Waals surface area contributed by atoms with Crippen molar-refractivity contribution in [1.82, 2.24) is 10.2 Å². The van der Waals surface area contributed by atoms with Gasteiger partial charge < -0.3 is 10.5 Å². The minimum absolute atomic E-state index is 0.111. The van der Waals surface area contributed by atoms with Crippen molar-refractivity contribution in [2.24, 2.45) is 5.73 Å². The highest BCUT2D eigenvalue weighted by atomic mass is 32.1. The van der Waals surface area contributed by atoms with E-state index in [2.05, 4.69) is 14.9 Å². The van der Waals surface area contributed by atoms with E-state index in [9.17, 15) is 4.79 Å². The molecule has 0 aliphatic carbocycles. The monoisotopic (exact) mass is 159 g/mol. The number of amides is 1. The quantitative estimate of drug-likeness (QED) is 0.665. The number of hydrogen-bond acceptors (Lipinski definition) is 5. The molecular formula is C4H5N3O2S. The molecule has 0 fully saturated rings. The lowest BCUT2D eigenvalue weighted by molar-refractivity contribution is 0.150. The molecule has 5 nitrogen and oxygen atoms in total. The van der Waals surface area contributed by atoms with Gasteiger partial charge in [-0.05, 0) is 0 Å². The molecule has 10 heavy (non-hydrogen) atoms. The van der Waals surface area contributed by atoms with Crippen molar-refractivity contribution in [2.45, 2.75) is 6.61 Å². The second-order valence-corrected chi connectivity index (χ2v) is 2.36. The van der Waals surface area contributed by atoms with Crippen molar-refractivity contribution in [3.63, 3.8) is 0 Å². The molecule has 0 aliphatic heterocycles. The molecule has 54 valence electrons. The molecule has 6 heteroatoms. The molecular weight excluding hydrogens is 154 g/mol. The first-order chi connectivity index (χ1) is 4.79. The van der Waals surface area contributed by atoms with Crippen molar-refractivity contribution in [3.05, 3.63) is 10.5 Å². The van der Waals surface area contributed by atoms with E-state index in [4.69, 9.17) is 5.73 Å². The topological polar surface area (TPSA) is 78.1 Å². The first-order valence-electron chi connectivity index (χ1n) is 2.46. The summed E-state index contributed by atoms with van der Waals surface area (Å²) in [6, 6.07) is 0. The lowest BCUT2D eigenvalue weighted by Crippen LogP contribution is -2.12. The first-order valence-corrected chi connectivity index (χ1v) is 3.34. The second kappa shape index (κ2) is 3.11. The average molecular weight is 159 g/mol. The van der Waals surface area contributed by atoms with Crippen LogP contribution in [0, 0.1) is 0 Å². The number of carbonyl (C=O) groups excluding carboxylic acids is 1. The van der Waals surface area contributed by atoms with Gasteiger partial charge in [-0.1, -0.05) is 0 Å². The van der Waals surface area contributed by atoms with Crippen molar-refractivity contribution in [1.29, 1.82) is 0 Å². The zero-order chi connectivity index (χ0) is 7.40. The van der Waals surface area contributed by atoms with Crippen LogP contribution < -0.4 is 5.73 Å². The summed E-state index contributed by atoms with van der Waals surface area (Å²) in [6.07, 6.45) is -0.796. The highest BCUT2D eigenvalue weighted by Crippen LogP contribution is 2.01. The summed E-state index contributed by atoms with van der Waals surface area (Å²) in [5, 5.41) is 7.80. The molecule has 0 unspecified atom stereocenters. The van der Waals surface area contributed by atoms with Gasteiger partial charge in [0.2, 0.25) is 0 Å². The Morgan fingerprint density at radius 1 is 1.90 bits per heavy atom. The Hall–Kier alpha value is -1.17. The minimum Gasteiger partial charge on any atom is -0.442 e. The predicted octanol–water partition coefficient (Wildman–Crippen LogP) is 0.133. The number of nitrogens with zero attached hydrogens (tertiary/aromatic N) is 2.